The second-order valence-corrected chi connectivity index (χ2v) is 8.38. The van der Waals surface area contributed by atoms with Crippen LogP contribution >= 0.6 is 0 Å². The molecule has 0 unspecified atom stereocenters. The van der Waals surface area contributed by atoms with Gasteiger partial charge in [-0.15, -0.1) is 0 Å². The minimum atomic E-state index is -3.52. The molecule has 3 rings (SSSR count). The predicted octanol–water partition coefficient (Wildman–Crippen LogP) is 3.01. The fourth-order valence-corrected chi connectivity index (χ4v) is 3.30. The summed E-state index contributed by atoms with van der Waals surface area (Å²) in [7, 11) is -1.98. The van der Waals surface area contributed by atoms with E-state index in [0.717, 1.165) is 24.0 Å². The zero-order valence-corrected chi connectivity index (χ0v) is 15.4. The molecular weight excluding hydrogens is 348 g/mol. The van der Waals surface area contributed by atoms with Crippen LogP contribution in [0.5, 0.6) is 0 Å². The Balaban J connectivity index is 1.61. The van der Waals surface area contributed by atoms with Crippen LogP contribution in [0, 0.1) is 0 Å². The number of nitrogens with zero attached hydrogens (tertiary/aromatic N) is 1. The van der Waals surface area contributed by atoms with Crippen molar-refractivity contribution in [2.45, 2.75) is 25.4 Å². The molecule has 1 fully saturated rings. The minimum Gasteiger partial charge on any atom is -0.349 e. The highest BCUT2D eigenvalue weighted by atomic mass is 32.2. The van der Waals surface area contributed by atoms with Crippen molar-refractivity contribution in [3.8, 4) is 0 Å². The van der Waals surface area contributed by atoms with E-state index >= 15 is 0 Å². The van der Waals surface area contributed by atoms with Crippen LogP contribution in [0.2, 0.25) is 0 Å². The molecule has 0 spiro atoms. The quantitative estimate of drug-likeness (QED) is 0.815. The average molecular weight is 370 g/mol. The topological polar surface area (TPSA) is 66.5 Å². The normalized spacial score (nSPS) is 14.7. The Hall–Kier alpha value is -2.44. The van der Waals surface area contributed by atoms with Gasteiger partial charge in [-0.25, -0.2) is 8.42 Å². The van der Waals surface area contributed by atoms with Crippen LogP contribution in [0.1, 0.15) is 34.3 Å². The minimum absolute atomic E-state index is 0.0779. The zero-order valence-electron chi connectivity index (χ0n) is 14.6. The first kappa shape index (κ1) is 18.4. The second-order valence-electron chi connectivity index (χ2n) is 6.46. The zero-order chi connectivity index (χ0) is 18.6. The number of hydrogen-bond acceptors (Lipinski definition) is 3. The van der Waals surface area contributed by atoms with Gasteiger partial charge in [0, 0.05) is 30.6 Å². The molecular formula is C20H22N2O3S. The molecule has 0 bridgehead atoms. The van der Waals surface area contributed by atoms with Crippen molar-refractivity contribution in [1.29, 1.82) is 0 Å². The van der Waals surface area contributed by atoms with Gasteiger partial charge in [0.25, 0.3) is 5.91 Å². The predicted molar refractivity (Wildman–Crippen MR) is 103 cm³/mol. The molecule has 1 aliphatic carbocycles. The van der Waals surface area contributed by atoms with E-state index in [2.05, 4.69) is 5.32 Å². The maximum Gasteiger partial charge on any atom is 0.251 e. The summed E-state index contributed by atoms with van der Waals surface area (Å²) in [6, 6.07) is 16.6. The summed E-state index contributed by atoms with van der Waals surface area (Å²) < 4.78 is 26.1. The van der Waals surface area contributed by atoms with Crippen molar-refractivity contribution in [3.63, 3.8) is 0 Å². The van der Waals surface area contributed by atoms with Crippen LogP contribution in [0.25, 0.3) is 6.08 Å². The van der Waals surface area contributed by atoms with Crippen LogP contribution in [-0.4, -0.2) is 31.7 Å². The number of sulfonamides is 1. The summed E-state index contributed by atoms with van der Waals surface area (Å²) in [6.45, 7) is 0.242. The van der Waals surface area contributed by atoms with E-state index in [9.17, 15) is 13.2 Å². The van der Waals surface area contributed by atoms with E-state index < -0.39 is 10.0 Å². The lowest BCUT2D eigenvalue weighted by Gasteiger charge is -2.15. The fraction of sp³-hybridized carbons (Fsp3) is 0.250. The highest BCUT2D eigenvalue weighted by Gasteiger charge is 2.23. The Kier molecular flexibility index (Phi) is 5.54. The summed E-state index contributed by atoms with van der Waals surface area (Å²) in [5.41, 5.74) is 2.25. The number of nitrogens with one attached hydrogen (secondary N) is 1. The van der Waals surface area contributed by atoms with Gasteiger partial charge in [0.15, 0.2) is 0 Å². The maximum atomic E-state index is 12.4. The highest BCUT2D eigenvalue weighted by Crippen LogP contribution is 2.19. The van der Waals surface area contributed by atoms with E-state index in [1.54, 1.807) is 37.4 Å². The number of carbonyl (C=O) groups is 1. The number of rotatable bonds is 7. The molecule has 2 aromatic rings. The van der Waals surface area contributed by atoms with Gasteiger partial charge < -0.3 is 5.32 Å². The summed E-state index contributed by atoms with van der Waals surface area (Å²) in [5, 5.41) is 4.14. The third-order valence-corrected chi connectivity index (χ3v) is 5.68. The summed E-state index contributed by atoms with van der Waals surface area (Å²) in [4.78, 5) is 12.0. The monoisotopic (exact) mass is 370 g/mol. The number of benzene rings is 2. The molecule has 0 heterocycles. The van der Waals surface area contributed by atoms with Crippen LogP contribution < -0.4 is 5.32 Å². The second kappa shape index (κ2) is 7.85. The highest BCUT2D eigenvalue weighted by molar-refractivity contribution is 7.92. The van der Waals surface area contributed by atoms with Crippen molar-refractivity contribution in [2.75, 3.05) is 7.05 Å². The third kappa shape index (κ3) is 5.03. The van der Waals surface area contributed by atoms with Gasteiger partial charge in [0.1, 0.15) is 0 Å². The summed E-state index contributed by atoms with van der Waals surface area (Å²) in [5.74, 6) is -0.0779. The first-order valence-corrected chi connectivity index (χ1v) is 10.0. The standard InChI is InChI=1S/C20H22N2O3S/c1-22(26(24,25)14-13-16-5-3-2-4-6-16)15-17-7-9-18(10-8-17)20(23)21-19-11-12-19/h2-10,13-14,19H,11-12,15H2,1H3,(H,21,23)/b14-13+. The van der Waals surface area contributed by atoms with E-state index in [1.807, 2.05) is 30.3 Å². The molecule has 0 radical (unpaired) electrons. The molecule has 6 heteroatoms. The third-order valence-electron chi connectivity index (χ3n) is 4.20. The van der Waals surface area contributed by atoms with Crippen molar-refractivity contribution in [1.82, 2.24) is 9.62 Å². The molecule has 0 aromatic heterocycles. The number of carbonyl (C=O) groups excluding carboxylic acids is 1. The van der Waals surface area contributed by atoms with Crippen molar-refractivity contribution >= 4 is 22.0 Å². The van der Waals surface area contributed by atoms with Gasteiger partial charge in [-0.2, -0.15) is 4.31 Å². The van der Waals surface area contributed by atoms with Crippen LogP contribution in [0.3, 0.4) is 0 Å². The molecule has 26 heavy (non-hydrogen) atoms. The molecule has 136 valence electrons. The van der Waals surface area contributed by atoms with E-state index in [1.165, 1.54) is 9.71 Å². The molecule has 1 N–H and O–H groups in total. The molecule has 5 nitrogen and oxygen atoms in total. The van der Waals surface area contributed by atoms with Crippen molar-refractivity contribution in [2.24, 2.45) is 0 Å². The van der Waals surface area contributed by atoms with Crippen LogP contribution in [-0.2, 0) is 16.6 Å². The molecule has 0 atom stereocenters. The Morgan fingerprint density at radius 3 is 2.38 bits per heavy atom. The largest absolute Gasteiger partial charge is 0.349 e. The molecule has 1 saturated carbocycles. The van der Waals surface area contributed by atoms with Crippen LogP contribution in [0.4, 0.5) is 0 Å². The summed E-state index contributed by atoms with van der Waals surface area (Å²) >= 11 is 0. The van der Waals surface area contributed by atoms with Gasteiger partial charge in [0.2, 0.25) is 10.0 Å². The Morgan fingerprint density at radius 2 is 1.77 bits per heavy atom. The maximum absolute atomic E-state index is 12.4. The van der Waals surface area contributed by atoms with E-state index in [4.69, 9.17) is 0 Å². The first-order chi connectivity index (χ1) is 12.4. The van der Waals surface area contributed by atoms with Gasteiger partial charge in [-0.3, -0.25) is 4.79 Å². The molecule has 1 amide bonds. The lowest BCUT2D eigenvalue weighted by atomic mass is 10.1. The number of amides is 1. The smallest absolute Gasteiger partial charge is 0.251 e. The van der Waals surface area contributed by atoms with E-state index in [-0.39, 0.29) is 12.5 Å². The van der Waals surface area contributed by atoms with Gasteiger partial charge in [-0.1, -0.05) is 42.5 Å². The van der Waals surface area contributed by atoms with Gasteiger partial charge >= 0.3 is 0 Å². The lowest BCUT2D eigenvalue weighted by molar-refractivity contribution is 0.0951. The average Bonchev–Trinajstić information content (AvgIpc) is 3.45. The fourth-order valence-electron chi connectivity index (χ4n) is 2.44. The van der Waals surface area contributed by atoms with Gasteiger partial charge in [-0.05, 0) is 42.2 Å². The summed E-state index contributed by atoms with van der Waals surface area (Å²) in [6.07, 6.45) is 3.67. The lowest BCUT2D eigenvalue weighted by Crippen LogP contribution is -2.26. The molecule has 2 aromatic carbocycles. The molecule has 0 aliphatic heterocycles. The first-order valence-electron chi connectivity index (χ1n) is 8.53. The number of hydrogen-bond donors (Lipinski definition) is 1. The van der Waals surface area contributed by atoms with Crippen LogP contribution in [0.15, 0.2) is 60.0 Å². The Bertz CT molecular complexity index is 886. The molecule has 1 aliphatic rings. The van der Waals surface area contributed by atoms with E-state index in [0.29, 0.717) is 11.6 Å². The Labute approximate surface area is 154 Å². The van der Waals surface area contributed by atoms with Crippen molar-refractivity contribution < 1.29 is 13.2 Å². The van der Waals surface area contributed by atoms with Crippen molar-refractivity contribution in [3.05, 3.63) is 76.7 Å². The Morgan fingerprint density at radius 1 is 1.12 bits per heavy atom. The SMILES string of the molecule is CN(Cc1ccc(C(=O)NC2CC2)cc1)S(=O)(=O)/C=C/c1ccccc1. The van der Waals surface area contributed by atoms with Gasteiger partial charge in [0.05, 0.1) is 0 Å². The molecule has 0 saturated heterocycles.